The highest BCUT2D eigenvalue weighted by Crippen LogP contribution is 2.40. The molecule has 0 unspecified atom stereocenters. The minimum absolute atomic E-state index is 0.0449. The lowest BCUT2D eigenvalue weighted by Crippen LogP contribution is -2.19. The van der Waals surface area contributed by atoms with Crippen LogP contribution in [-0.2, 0) is 11.0 Å². The molecule has 3 nitrogen and oxygen atoms in total. The van der Waals surface area contributed by atoms with Crippen molar-refractivity contribution in [1.29, 1.82) is 0 Å². The lowest BCUT2D eigenvalue weighted by atomic mass is 9.84. The third kappa shape index (κ3) is 2.96. The van der Waals surface area contributed by atoms with Crippen molar-refractivity contribution in [2.45, 2.75) is 45.6 Å². The monoisotopic (exact) mass is 252 g/mol. The Morgan fingerprint density at radius 1 is 0.833 bits per heavy atom. The van der Waals surface area contributed by atoms with Gasteiger partial charge in [-0.3, -0.25) is 0 Å². The van der Waals surface area contributed by atoms with Gasteiger partial charge in [0.2, 0.25) is 0 Å². The molecule has 0 heterocycles. The number of methoxy groups -OCH3 is 2. The lowest BCUT2D eigenvalue weighted by Gasteiger charge is -2.27. The van der Waals surface area contributed by atoms with E-state index in [4.69, 9.17) is 9.47 Å². The van der Waals surface area contributed by atoms with Crippen molar-refractivity contribution < 1.29 is 14.6 Å². The largest absolute Gasteiger partial charge is 0.496 e. The molecule has 0 amide bonds. The Hall–Kier alpha value is -1.22. The maximum atomic E-state index is 10.2. The van der Waals surface area contributed by atoms with Gasteiger partial charge in [0.1, 0.15) is 11.5 Å². The molecular weight excluding hydrogens is 228 g/mol. The zero-order chi connectivity index (χ0) is 14.1. The Balaban J connectivity index is 3.52. The maximum absolute atomic E-state index is 10.2. The molecule has 0 saturated heterocycles. The van der Waals surface area contributed by atoms with E-state index in [1.165, 1.54) is 0 Å². The summed E-state index contributed by atoms with van der Waals surface area (Å²) in [5.41, 5.74) is 0.788. The molecule has 0 radical (unpaired) electrons. The van der Waals surface area contributed by atoms with Crippen molar-refractivity contribution >= 4 is 0 Å². The molecule has 0 aliphatic heterocycles. The molecule has 1 aromatic carbocycles. The van der Waals surface area contributed by atoms with Crippen LogP contribution in [0.3, 0.4) is 0 Å². The van der Waals surface area contributed by atoms with Crippen LogP contribution in [0.15, 0.2) is 12.1 Å². The number of aliphatic hydroxyl groups is 1. The van der Waals surface area contributed by atoms with Crippen molar-refractivity contribution in [3.63, 3.8) is 0 Å². The van der Waals surface area contributed by atoms with Crippen LogP contribution in [0.25, 0.3) is 0 Å². The van der Waals surface area contributed by atoms with Crippen LogP contribution in [0.1, 0.15) is 45.7 Å². The molecule has 3 heteroatoms. The van der Waals surface area contributed by atoms with Crippen LogP contribution >= 0.6 is 0 Å². The van der Waals surface area contributed by atoms with Gasteiger partial charge in [-0.1, -0.05) is 20.8 Å². The average molecular weight is 252 g/mol. The first-order valence-electron chi connectivity index (χ1n) is 6.10. The Kier molecular flexibility index (Phi) is 3.96. The van der Waals surface area contributed by atoms with Crippen molar-refractivity contribution in [2.75, 3.05) is 14.2 Å². The van der Waals surface area contributed by atoms with Crippen LogP contribution in [0.5, 0.6) is 11.5 Å². The predicted molar refractivity (Wildman–Crippen MR) is 73.5 cm³/mol. The fourth-order valence-electron chi connectivity index (χ4n) is 1.96. The van der Waals surface area contributed by atoms with E-state index in [0.717, 1.165) is 16.9 Å². The fourth-order valence-corrected chi connectivity index (χ4v) is 1.96. The van der Waals surface area contributed by atoms with Crippen LogP contribution < -0.4 is 9.47 Å². The third-order valence-corrected chi connectivity index (χ3v) is 2.99. The van der Waals surface area contributed by atoms with Crippen molar-refractivity contribution in [3.05, 3.63) is 23.3 Å². The second-order valence-corrected chi connectivity index (χ2v) is 6.06. The van der Waals surface area contributed by atoms with Gasteiger partial charge in [-0.25, -0.2) is 0 Å². The number of ether oxygens (including phenoxy) is 2. The molecule has 0 aliphatic carbocycles. The highest BCUT2D eigenvalue weighted by molar-refractivity contribution is 5.51. The summed E-state index contributed by atoms with van der Waals surface area (Å²) in [7, 11) is 3.26. The summed E-state index contributed by atoms with van der Waals surface area (Å²) in [4.78, 5) is 0. The number of benzene rings is 1. The van der Waals surface area contributed by atoms with Gasteiger partial charge in [0.15, 0.2) is 0 Å². The molecule has 0 aliphatic rings. The highest BCUT2D eigenvalue weighted by Gasteiger charge is 2.27. The summed E-state index contributed by atoms with van der Waals surface area (Å²) < 4.78 is 10.8. The number of hydrogen-bond donors (Lipinski definition) is 1. The fraction of sp³-hybridized carbons (Fsp3) is 0.600. The summed E-state index contributed by atoms with van der Waals surface area (Å²) in [5, 5.41) is 10.2. The average Bonchev–Trinajstić information content (AvgIpc) is 2.24. The Bertz CT molecular complexity index is 381. The van der Waals surface area contributed by atoms with E-state index in [2.05, 4.69) is 20.8 Å². The summed E-state index contributed by atoms with van der Waals surface area (Å²) >= 11 is 0. The van der Waals surface area contributed by atoms with E-state index in [1.54, 1.807) is 28.1 Å². The topological polar surface area (TPSA) is 38.7 Å². The molecule has 0 atom stereocenters. The highest BCUT2D eigenvalue weighted by atomic mass is 16.5. The Morgan fingerprint density at radius 3 is 1.56 bits per heavy atom. The summed E-state index contributed by atoms with van der Waals surface area (Å²) in [6, 6.07) is 3.81. The summed E-state index contributed by atoms with van der Waals surface area (Å²) in [6.45, 7) is 9.83. The molecule has 0 bridgehead atoms. The Labute approximate surface area is 110 Å². The van der Waals surface area contributed by atoms with Gasteiger partial charge in [-0.05, 0) is 31.4 Å². The van der Waals surface area contributed by atoms with Gasteiger partial charge < -0.3 is 14.6 Å². The molecule has 0 spiro atoms. The molecular formula is C15H24O3. The van der Waals surface area contributed by atoms with E-state index in [0.29, 0.717) is 5.75 Å². The Morgan fingerprint density at radius 2 is 1.22 bits per heavy atom. The van der Waals surface area contributed by atoms with Gasteiger partial charge in [0.05, 0.1) is 19.8 Å². The smallest absolute Gasteiger partial charge is 0.125 e. The zero-order valence-electron chi connectivity index (χ0n) is 12.4. The van der Waals surface area contributed by atoms with Crippen LogP contribution in [0.4, 0.5) is 0 Å². The van der Waals surface area contributed by atoms with Crippen molar-refractivity contribution in [1.82, 2.24) is 0 Å². The minimum Gasteiger partial charge on any atom is -0.496 e. The quantitative estimate of drug-likeness (QED) is 0.897. The van der Waals surface area contributed by atoms with Crippen LogP contribution in [0.2, 0.25) is 0 Å². The SMILES string of the molecule is COc1cc(C(C)(C)O)c(OC)cc1C(C)(C)C. The standard InChI is InChI=1S/C15H24O3/c1-14(2,3)10-8-13(18-7)11(15(4,5)16)9-12(10)17-6/h8-9,16H,1-7H3. The van der Waals surface area contributed by atoms with Crippen molar-refractivity contribution in [3.8, 4) is 11.5 Å². The normalized spacial score (nSPS) is 12.4. The van der Waals surface area contributed by atoms with Gasteiger partial charge in [-0.2, -0.15) is 0 Å². The number of hydrogen-bond acceptors (Lipinski definition) is 3. The second kappa shape index (κ2) is 4.81. The molecule has 0 saturated carbocycles. The minimum atomic E-state index is -0.963. The lowest BCUT2D eigenvalue weighted by molar-refractivity contribution is 0.0753. The van der Waals surface area contributed by atoms with Gasteiger partial charge in [0.25, 0.3) is 0 Å². The van der Waals surface area contributed by atoms with E-state index in [9.17, 15) is 5.11 Å². The maximum Gasteiger partial charge on any atom is 0.125 e. The molecule has 0 fully saturated rings. The van der Waals surface area contributed by atoms with Gasteiger partial charge in [0, 0.05) is 11.1 Å². The first-order valence-corrected chi connectivity index (χ1v) is 6.10. The van der Waals surface area contributed by atoms with Crippen LogP contribution in [0, 0.1) is 0 Å². The molecule has 102 valence electrons. The van der Waals surface area contributed by atoms with Gasteiger partial charge in [-0.15, -0.1) is 0 Å². The molecule has 1 aromatic rings. The third-order valence-electron chi connectivity index (χ3n) is 2.99. The zero-order valence-corrected chi connectivity index (χ0v) is 12.4. The molecule has 1 rings (SSSR count). The van der Waals surface area contributed by atoms with E-state index >= 15 is 0 Å². The predicted octanol–water partition coefficient (Wildman–Crippen LogP) is 3.23. The van der Waals surface area contributed by atoms with E-state index in [1.807, 2.05) is 12.1 Å². The second-order valence-electron chi connectivity index (χ2n) is 6.06. The van der Waals surface area contributed by atoms with Crippen LogP contribution in [-0.4, -0.2) is 19.3 Å². The summed E-state index contributed by atoms with van der Waals surface area (Å²) in [6.07, 6.45) is 0. The molecule has 18 heavy (non-hydrogen) atoms. The van der Waals surface area contributed by atoms with Gasteiger partial charge >= 0.3 is 0 Å². The van der Waals surface area contributed by atoms with Crippen molar-refractivity contribution in [2.24, 2.45) is 0 Å². The number of rotatable bonds is 3. The van der Waals surface area contributed by atoms with E-state index < -0.39 is 5.60 Å². The summed E-state index contributed by atoms with van der Waals surface area (Å²) in [5.74, 6) is 1.47. The first-order chi connectivity index (χ1) is 8.11. The van der Waals surface area contributed by atoms with E-state index in [-0.39, 0.29) is 5.41 Å². The first kappa shape index (κ1) is 14.8. The molecule has 1 N–H and O–H groups in total. The molecule has 0 aromatic heterocycles.